The van der Waals surface area contributed by atoms with Gasteiger partial charge in [-0.3, -0.25) is 0 Å². The van der Waals surface area contributed by atoms with Crippen LogP contribution in [0, 0.1) is 10.1 Å². The van der Waals surface area contributed by atoms with Gasteiger partial charge in [-0.2, -0.15) is 4.68 Å². The summed E-state index contributed by atoms with van der Waals surface area (Å²) in [4.78, 5) is 13.5. The quantitative estimate of drug-likeness (QED) is 0.611. The molecular weight excluding hydrogens is 296 g/mol. The Morgan fingerprint density at radius 3 is 2.82 bits per heavy atom. The largest absolute Gasteiger partial charge is 0.492 e. The first-order valence-electron chi connectivity index (χ1n) is 5.15. The van der Waals surface area contributed by atoms with Crippen LogP contribution >= 0.6 is 15.9 Å². The normalized spacial score (nSPS) is 17.2. The van der Waals surface area contributed by atoms with E-state index in [-0.39, 0.29) is 6.29 Å². The van der Waals surface area contributed by atoms with Gasteiger partial charge in [0.05, 0.1) is 19.8 Å². The molecule has 94 valence electrons. The third-order valence-electron chi connectivity index (χ3n) is 2.25. The average molecular weight is 307 g/mol. The minimum absolute atomic E-state index is 0.265. The van der Waals surface area contributed by atoms with Crippen molar-refractivity contribution in [2.45, 2.75) is 25.7 Å². The summed E-state index contributed by atoms with van der Waals surface area (Å²) >= 11 is 3.11. The van der Waals surface area contributed by atoms with E-state index < -0.39 is 10.9 Å². The van der Waals surface area contributed by atoms with Gasteiger partial charge in [-0.25, -0.2) is 0 Å². The van der Waals surface area contributed by atoms with Crippen molar-refractivity contribution in [3.8, 4) is 0 Å². The Hall–Kier alpha value is -1.06. The van der Waals surface area contributed by atoms with E-state index in [0.29, 0.717) is 30.9 Å². The molecule has 0 bridgehead atoms. The zero-order valence-corrected chi connectivity index (χ0v) is 10.5. The fraction of sp³-hybridized carbons (Fsp3) is 0.750. The molecular formula is C8H11BrN4O4. The van der Waals surface area contributed by atoms with Gasteiger partial charge >= 0.3 is 5.95 Å². The number of nitrogens with zero attached hydrogens (tertiary/aromatic N) is 4. The predicted octanol–water partition coefficient (Wildman–Crippen LogP) is 1.10. The van der Waals surface area contributed by atoms with E-state index in [0.717, 1.165) is 6.42 Å². The zero-order chi connectivity index (χ0) is 12.3. The predicted molar refractivity (Wildman–Crippen MR) is 59.3 cm³/mol. The Balaban J connectivity index is 1.91. The SMILES string of the molecule is O=[N+]([O-])c1nc(Br)n(CCC2OCCCO2)n1. The summed E-state index contributed by atoms with van der Waals surface area (Å²) in [6.07, 6.45) is 1.22. The van der Waals surface area contributed by atoms with Crippen molar-refractivity contribution in [1.82, 2.24) is 14.8 Å². The number of aryl methyl sites for hydroxylation is 1. The lowest BCUT2D eigenvalue weighted by Gasteiger charge is -2.22. The molecule has 1 aromatic heterocycles. The van der Waals surface area contributed by atoms with Crippen LogP contribution in [0.3, 0.4) is 0 Å². The summed E-state index contributed by atoms with van der Waals surface area (Å²) in [6.45, 7) is 1.82. The van der Waals surface area contributed by atoms with Crippen molar-refractivity contribution in [2.75, 3.05) is 13.2 Å². The number of halogens is 1. The fourth-order valence-corrected chi connectivity index (χ4v) is 1.88. The van der Waals surface area contributed by atoms with Crippen LogP contribution < -0.4 is 0 Å². The number of nitro groups is 1. The van der Waals surface area contributed by atoms with E-state index in [4.69, 9.17) is 9.47 Å². The van der Waals surface area contributed by atoms with Gasteiger partial charge in [0.15, 0.2) is 6.29 Å². The van der Waals surface area contributed by atoms with Gasteiger partial charge in [0.1, 0.15) is 0 Å². The number of hydrogen-bond donors (Lipinski definition) is 0. The molecule has 1 aliphatic heterocycles. The van der Waals surface area contributed by atoms with Gasteiger partial charge in [0.25, 0.3) is 4.73 Å². The first-order valence-corrected chi connectivity index (χ1v) is 5.94. The monoisotopic (exact) mass is 306 g/mol. The van der Waals surface area contributed by atoms with Gasteiger partial charge in [-0.1, -0.05) is 0 Å². The lowest BCUT2D eigenvalue weighted by atomic mass is 10.3. The molecule has 0 unspecified atom stereocenters. The second kappa shape index (κ2) is 5.52. The first-order chi connectivity index (χ1) is 8.16. The Morgan fingerprint density at radius 1 is 1.53 bits per heavy atom. The minimum atomic E-state index is -0.630. The maximum absolute atomic E-state index is 10.5. The Bertz CT molecular complexity index is 404. The van der Waals surface area contributed by atoms with Crippen LogP contribution in [0.4, 0.5) is 5.95 Å². The third-order valence-corrected chi connectivity index (χ3v) is 2.84. The van der Waals surface area contributed by atoms with Gasteiger partial charge in [-0.05, 0) is 16.3 Å². The van der Waals surface area contributed by atoms with Crippen molar-refractivity contribution in [3.63, 3.8) is 0 Å². The summed E-state index contributed by atoms with van der Waals surface area (Å²) < 4.78 is 12.5. The molecule has 0 spiro atoms. The molecule has 0 N–H and O–H groups in total. The van der Waals surface area contributed by atoms with E-state index in [1.54, 1.807) is 0 Å². The Labute approximate surface area is 105 Å². The highest BCUT2D eigenvalue weighted by molar-refractivity contribution is 9.10. The van der Waals surface area contributed by atoms with Crippen LogP contribution in [0.2, 0.25) is 0 Å². The second-order valence-electron chi connectivity index (χ2n) is 3.47. The van der Waals surface area contributed by atoms with Crippen molar-refractivity contribution >= 4 is 21.9 Å². The molecule has 0 radical (unpaired) electrons. The van der Waals surface area contributed by atoms with Crippen molar-refractivity contribution in [1.29, 1.82) is 0 Å². The fourth-order valence-electron chi connectivity index (χ4n) is 1.46. The van der Waals surface area contributed by atoms with Crippen LogP contribution in [0.25, 0.3) is 0 Å². The summed E-state index contributed by atoms with van der Waals surface area (Å²) in [5, 5.41) is 14.2. The highest BCUT2D eigenvalue weighted by Crippen LogP contribution is 2.15. The summed E-state index contributed by atoms with van der Waals surface area (Å²) in [5.74, 6) is -0.414. The van der Waals surface area contributed by atoms with Gasteiger partial charge in [-0.15, -0.1) is 0 Å². The molecule has 17 heavy (non-hydrogen) atoms. The van der Waals surface area contributed by atoms with Crippen molar-refractivity contribution < 1.29 is 14.4 Å². The molecule has 0 aromatic carbocycles. The summed E-state index contributed by atoms with van der Waals surface area (Å²) in [5.41, 5.74) is 0. The summed E-state index contributed by atoms with van der Waals surface area (Å²) in [7, 11) is 0. The number of aromatic nitrogens is 3. The molecule has 9 heteroatoms. The Kier molecular flexibility index (Phi) is 4.02. The summed E-state index contributed by atoms with van der Waals surface area (Å²) in [6, 6.07) is 0. The van der Waals surface area contributed by atoms with Gasteiger partial charge in [0, 0.05) is 27.4 Å². The van der Waals surface area contributed by atoms with E-state index in [1.807, 2.05) is 0 Å². The number of rotatable bonds is 4. The molecule has 0 saturated carbocycles. The molecule has 0 aliphatic carbocycles. The van der Waals surface area contributed by atoms with E-state index in [1.165, 1.54) is 4.68 Å². The van der Waals surface area contributed by atoms with Gasteiger partial charge < -0.3 is 19.6 Å². The highest BCUT2D eigenvalue weighted by atomic mass is 79.9. The molecule has 0 amide bonds. The van der Waals surface area contributed by atoms with Crippen LogP contribution in [0.5, 0.6) is 0 Å². The number of ether oxygens (including phenoxy) is 2. The minimum Gasteiger partial charge on any atom is -0.390 e. The van der Waals surface area contributed by atoms with Crippen molar-refractivity contribution in [3.05, 3.63) is 14.8 Å². The Morgan fingerprint density at radius 2 is 2.24 bits per heavy atom. The average Bonchev–Trinajstić information content (AvgIpc) is 2.70. The maximum Gasteiger partial charge on any atom is 0.492 e. The molecule has 1 saturated heterocycles. The lowest BCUT2D eigenvalue weighted by Crippen LogP contribution is -2.26. The maximum atomic E-state index is 10.5. The molecule has 8 nitrogen and oxygen atoms in total. The molecule has 1 aliphatic rings. The van der Waals surface area contributed by atoms with Crippen LogP contribution in [0.1, 0.15) is 12.8 Å². The van der Waals surface area contributed by atoms with Gasteiger partial charge in [0.2, 0.25) is 0 Å². The van der Waals surface area contributed by atoms with E-state index >= 15 is 0 Å². The smallest absolute Gasteiger partial charge is 0.390 e. The topological polar surface area (TPSA) is 92.3 Å². The van der Waals surface area contributed by atoms with Crippen molar-refractivity contribution in [2.24, 2.45) is 0 Å². The van der Waals surface area contributed by atoms with E-state index in [2.05, 4.69) is 26.0 Å². The molecule has 2 heterocycles. The van der Waals surface area contributed by atoms with Crippen LogP contribution in [-0.2, 0) is 16.0 Å². The highest BCUT2D eigenvalue weighted by Gasteiger charge is 2.21. The first kappa shape index (κ1) is 12.4. The number of hydrogen-bond acceptors (Lipinski definition) is 6. The van der Waals surface area contributed by atoms with Crippen LogP contribution in [0.15, 0.2) is 4.73 Å². The third kappa shape index (κ3) is 3.20. The molecule has 1 fully saturated rings. The van der Waals surface area contributed by atoms with Crippen LogP contribution in [-0.4, -0.2) is 39.2 Å². The zero-order valence-electron chi connectivity index (χ0n) is 8.91. The molecule has 1 aromatic rings. The second-order valence-corrected chi connectivity index (χ2v) is 4.18. The lowest BCUT2D eigenvalue weighted by molar-refractivity contribution is -0.394. The molecule has 2 rings (SSSR count). The standard InChI is InChI=1S/C8H11BrN4O4/c9-7-10-8(13(14)15)11-12(7)3-2-6-16-4-1-5-17-6/h6H,1-5H2. The molecule has 0 atom stereocenters. The van der Waals surface area contributed by atoms with E-state index in [9.17, 15) is 10.1 Å².